The van der Waals surface area contributed by atoms with Crippen LogP contribution in [0, 0.1) is 0 Å². The maximum absolute atomic E-state index is 13.8. The number of aromatic nitrogens is 2. The first-order valence-electron chi connectivity index (χ1n) is 23.8. The van der Waals surface area contributed by atoms with E-state index in [-0.39, 0.29) is 64.0 Å². The zero-order chi connectivity index (χ0) is 52.1. The van der Waals surface area contributed by atoms with Crippen molar-refractivity contribution in [2.75, 3.05) is 70.7 Å². The van der Waals surface area contributed by atoms with Crippen LogP contribution in [-0.2, 0) is 47.9 Å². The van der Waals surface area contributed by atoms with Gasteiger partial charge in [0, 0.05) is 63.8 Å². The molecule has 1 saturated heterocycles. The van der Waals surface area contributed by atoms with Gasteiger partial charge in [0.1, 0.15) is 23.3 Å². The molecule has 0 spiro atoms. The Hall–Kier alpha value is -7.53. The number of allylic oxidation sites excluding steroid dienone is 1. The summed E-state index contributed by atoms with van der Waals surface area (Å²) in [4.78, 5) is 78.0. The second-order valence-corrected chi connectivity index (χ2v) is 18.7. The number of ether oxygens (including phenoxy) is 6. The molecule has 3 heterocycles. The van der Waals surface area contributed by atoms with E-state index >= 15 is 0 Å². The Balaban J connectivity index is 0.755. The molecule has 1 atom stereocenters. The molecule has 5 aromatic rings. The molecule has 0 radical (unpaired) electrons. The molecule has 2 aliphatic heterocycles. The zero-order valence-electron chi connectivity index (χ0n) is 40.9. The lowest BCUT2D eigenvalue weighted by Gasteiger charge is -2.29. The highest BCUT2D eigenvalue weighted by atomic mass is 32.2. The number of imide groups is 1. The molecule has 1 fully saturated rings. The van der Waals surface area contributed by atoms with E-state index in [2.05, 4.69) is 27.3 Å². The van der Waals surface area contributed by atoms with Crippen LogP contribution in [0.25, 0.3) is 11.0 Å². The molecule has 4 N–H and O–H groups in total. The van der Waals surface area contributed by atoms with Crippen LogP contribution in [0.4, 0.5) is 5.69 Å². The fourth-order valence-corrected chi connectivity index (χ4v) is 9.08. The van der Waals surface area contributed by atoms with Crippen molar-refractivity contribution in [3.8, 4) is 23.0 Å². The third kappa shape index (κ3) is 13.3. The molecule has 0 aliphatic carbocycles. The molecule has 1 unspecified atom stereocenters. The molecule has 7 rings (SSSR count). The van der Waals surface area contributed by atoms with Crippen LogP contribution in [0.15, 0.2) is 101 Å². The average Bonchev–Trinajstić information content (AvgIpc) is 3.75. The van der Waals surface area contributed by atoms with Gasteiger partial charge in [-0.25, -0.2) is 13.2 Å². The summed E-state index contributed by atoms with van der Waals surface area (Å²) in [6.07, 6.45) is 2.53. The lowest BCUT2D eigenvalue weighted by molar-refractivity contribution is -0.125. The van der Waals surface area contributed by atoms with Crippen LogP contribution in [-0.4, -0.2) is 124 Å². The van der Waals surface area contributed by atoms with E-state index in [4.69, 9.17) is 28.4 Å². The Morgan fingerprint density at radius 2 is 1.40 bits per heavy atom. The van der Waals surface area contributed by atoms with Crippen molar-refractivity contribution in [1.82, 2.24) is 30.0 Å². The molecule has 5 amide bonds. The summed E-state index contributed by atoms with van der Waals surface area (Å²) >= 11 is 0. The summed E-state index contributed by atoms with van der Waals surface area (Å²) < 4.78 is 67.4. The molecule has 0 bridgehead atoms. The monoisotopic (exact) mass is 1030 g/mol. The van der Waals surface area contributed by atoms with Gasteiger partial charge < -0.3 is 44.4 Å². The zero-order valence-corrected chi connectivity index (χ0v) is 41.7. The van der Waals surface area contributed by atoms with Gasteiger partial charge in [0.2, 0.25) is 5.91 Å². The summed E-state index contributed by atoms with van der Waals surface area (Å²) in [5.74, 6) is -1.43. The Morgan fingerprint density at radius 1 is 0.740 bits per heavy atom. The normalized spacial score (nSPS) is 14.5. The molecule has 388 valence electrons. The standard InChI is InChI=1S/C51H59N7O14S/c1-5-21-70-35-12-7-13-36(29-35)72-44-31-42-41(56(3)51(64)57(42)4)30-39(44)55-73(65,66)37-14-6-11-34(28-37)47(60)53-20-10-23-68-25-27-69-26-24-67-22-9-19-52-45(59)32-71-43-16-8-15-38-46(43)50(63)58(49(38)62)40-18-17-33(2)54-48(40)61/h6-8,11-16,28-31,40,55H,2,5,9-10,17-27,32H2,1,3-4H3,(H,52,59)(H,53,60)(H,54,61). The first kappa shape index (κ1) is 53.3. The number of carbonyl (C=O) groups is 5. The largest absolute Gasteiger partial charge is 0.493 e. The van der Waals surface area contributed by atoms with E-state index in [1.54, 1.807) is 50.5 Å². The number of fused-ring (bicyclic) bond motifs is 2. The number of benzene rings is 4. The summed E-state index contributed by atoms with van der Waals surface area (Å²) in [5, 5.41) is 8.10. The maximum Gasteiger partial charge on any atom is 0.328 e. The number of nitrogens with zero attached hydrogens (tertiary/aromatic N) is 3. The summed E-state index contributed by atoms with van der Waals surface area (Å²) in [7, 11) is -1.07. The number of anilines is 1. The molecule has 4 aromatic carbocycles. The van der Waals surface area contributed by atoms with Crippen LogP contribution >= 0.6 is 0 Å². The summed E-state index contributed by atoms with van der Waals surface area (Å²) in [6, 6.07) is 19.3. The molecular weight excluding hydrogens is 967 g/mol. The highest BCUT2D eigenvalue weighted by molar-refractivity contribution is 7.92. The lowest BCUT2D eigenvalue weighted by Crippen LogP contribution is -2.51. The fourth-order valence-electron chi connectivity index (χ4n) is 7.97. The first-order valence-corrected chi connectivity index (χ1v) is 25.3. The van der Waals surface area contributed by atoms with Crippen molar-refractivity contribution in [1.29, 1.82) is 0 Å². The predicted molar refractivity (Wildman–Crippen MR) is 267 cm³/mol. The average molecular weight is 1030 g/mol. The van der Waals surface area contributed by atoms with Gasteiger partial charge in [-0.1, -0.05) is 31.7 Å². The molecule has 73 heavy (non-hydrogen) atoms. The minimum Gasteiger partial charge on any atom is -0.493 e. The fraction of sp³-hybridized carbons (Fsp3) is 0.373. The van der Waals surface area contributed by atoms with E-state index in [9.17, 15) is 37.2 Å². The second kappa shape index (κ2) is 24.7. The van der Waals surface area contributed by atoms with E-state index in [1.165, 1.54) is 51.6 Å². The first-order chi connectivity index (χ1) is 35.2. The van der Waals surface area contributed by atoms with Crippen LogP contribution in [0.3, 0.4) is 0 Å². The van der Waals surface area contributed by atoms with E-state index < -0.39 is 45.6 Å². The van der Waals surface area contributed by atoms with Gasteiger partial charge >= 0.3 is 5.69 Å². The van der Waals surface area contributed by atoms with E-state index in [0.717, 1.165) is 11.3 Å². The number of aryl methyl sites for hydroxylation is 2. The van der Waals surface area contributed by atoms with Gasteiger partial charge in [-0.05, 0) is 80.6 Å². The minimum absolute atomic E-state index is 0.0177. The highest BCUT2D eigenvalue weighted by Gasteiger charge is 2.45. The van der Waals surface area contributed by atoms with Gasteiger partial charge in [-0.2, -0.15) is 0 Å². The number of imidazole rings is 1. The molecule has 2 aliphatic rings. The smallest absolute Gasteiger partial charge is 0.328 e. The number of carbonyl (C=O) groups excluding carboxylic acids is 5. The maximum atomic E-state index is 13.8. The van der Waals surface area contributed by atoms with Crippen LogP contribution < -0.4 is 40.6 Å². The quantitative estimate of drug-likeness (QED) is 0.0421. The third-order valence-corrected chi connectivity index (χ3v) is 13.1. The molecular formula is C51H59N7O14S. The van der Waals surface area contributed by atoms with Gasteiger partial charge in [0.25, 0.3) is 33.7 Å². The topological polar surface area (TPSA) is 253 Å². The number of nitrogens with one attached hydrogen (secondary N) is 4. The number of sulfonamides is 1. The minimum atomic E-state index is -4.27. The van der Waals surface area contributed by atoms with Gasteiger partial charge in [-0.3, -0.25) is 42.7 Å². The number of amides is 5. The van der Waals surface area contributed by atoms with Crippen LogP contribution in [0.5, 0.6) is 23.0 Å². The highest BCUT2D eigenvalue weighted by Crippen LogP contribution is 2.37. The summed E-state index contributed by atoms with van der Waals surface area (Å²) in [6.45, 7) is 8.42. The predicted octanol–water partition coefficient (Wildman–Crippen LogP) is 4.40. The van der Waals surface area contributed by atoms with E-state index in [1.807, 2.05) is 6.92 Å². The molecule has 1 aromatic heterocycles. The Kier molecular flexibility index (Phi) is 18.1. The van der Waals surface area contributed by atoms with Crippen molar-refractivity contribution in [3.63, 3.8) is 0 Å². The molecule has 22 heteroatoms. The number of hydrogen-bond acceptors (Lipinski definition) is 14. The SMILES string of the molecule is C=C1CCC(N2C(=O)c3cccc(OCC(=O)NCCCOCCOCCOCCCNC(=O)c4cccc(S(=O)(=O)Nc5cc6c(cc5Oc5cccc(OCCC)c5)n(C)c(=O)n6C)c4)c3C2=O)C(=O)N1. The van der Waals surface area contributed by atoms with Crippen molar-refractivity contribution in [2.45, 2.75) is 50.0 Å². The Bertz CT molecular complexity index is 3040. The van der Waals surface area contributed by atoms with Crippen molar-refractivity contribution >= 4 is 56.3 Å². The molecule has 21 nitrogen and oxygen atoms in total. The van der Waals surface area contributed by atoms with Crippen LogP contribution in [0.1, 0.15) is 70.1 Å². The number of hydrogen-bond donors (Lipinski definition) is 4. The Morgan fingerprint density at radius 3 is 2.11 bits per heavy atom. The number of piperidine rings is 1. The third-order valence-electron chi connectivity index (χ3n) is 11.7. The van der Waals surface area contributed by atoms with Crippen molar-refractivity contribution in [2.24, 2.45) is 14.1 Å². The lowest BCUT2D eigenvalue weighted by atomic mass is 10.0. The Labute approximate surface area is 421 Å². The number of rotatable bonds is 27. The van der Waals surface area contributed by atoms with Crippen molar-refractivity contribution < 1.29 is 60.8 Å². The summed E-state index contributed by atoms with van der Waals surface area (Å²) in [5.41, 5.74) is 1.55. The molecule has 0 saturated carbocycles. The van der Waals surface area contributed by atoms with Crippen LogP contribution in [0.2, 0.25) is 0 Å². The van der Waals surface area contributed by atoms with Gasteiger partial charge in [0.15, 0.2) is 12.4 Å². The second-order valence-electron chi connectivity index (χ2n) is 17.0. The van der Waals surface area contributed by atoms with Crippen molar-refractivity contribution in [3.05, 3.63) is 118 Å². The van der Waals surface area contributed by atoms with Gasteiger partial charge in [0.05, 0.1) is 65.8 Å². The van der Waals surface area contributed by atoms with E-state index in [0.29, 0.717) is 100 Å². The van der Waals surface area contributed by atoms with Gasteiger partial charge in [-0.15, -0.1) is 0 Å².